The Bertz CT molecular complexity index is 1070. The number of halogens is 1. The topological polar surface area (TPSA) is 46.6 Å². The molecular weight excluding hydrogens is 405 g/mol. The summed E-state index contributed by atoms with van der Waals surface area (Å²) in [5, 5.41) is 0. The highest BCUT2D eigenvalue weighted by Gasteiger charge is 2.46. The monoisotopic (exact) mass is 431 g/mol. The van der Waals surface area contributed by atoms with E-state index in [-0.39, 0.29) is 30.2 Å². The van der Waals surface area contributed by atoms with Crippen LogP contribution < -0.4 is 0 Å². The number of benzene rings is 3. The number of carbonyl (C=O) groups is 2. The number of rotatable bonds is 7. The Morgan fingerprint density at radius 3 is 2.22 bits per heavy atom. The number of ketones is 1. The van der Waals surface area contributed by atoms with Crippen molar-refractivity contribution in [3.63, 3.8) is 0 Å². The van der Waals surface area contributed by atoms with Crippen LogP contribution in [0.5, 0.6) is 0 Å². The molecule has 0 unspecified atom stereocenters. The van der Waals surface area contributed by atoms with Crippen LogP contribution in [0.3, 0.4) is 0 Å². The van der Waals surface area contributed by atoms with Gasteiger partial charge in [-0.2, -0.15) is 0 Å². The van der Waals surface area contributed by atoms with Gasteiger partial charge in [-0.3, -0.25) is 14.5 Å². The van der Waals surface area contributed by atoms with Gasteiger partial charge in [0.2, 0.25) is 0 Å². The fourth-order valence-electron chi connectivity index (χ4n) is 4.59. The second kappa shape index (κ2) is 9.88. The van der Waals surface area contributed by atoms with Crippen molar-refractivity contribution in [3.8, 4) is 0 Å². The lowest BCUT2D eigenvalue weighted by molar-refractivity contribution is -0.142. The van der Waals surface area contributed by atoms with E-state index in [0.29, 0.717) is 24.1 Å². The maximum atomic E-state index is 15.0. The van der Waals surface area contributed by atoms with Crippen LogP contribution in [0.25, 0.3) is 0 Å². The van der Waals surface area contributed by atoms with Gasteiger partial charge in [-0.1, -0.05) is 78.9 Å². The molecule has 3 aromatic carbocycles. The third kappa shape index (κ3) is 4.78. The summed E-state index contributed by atoms with van der Waals surface area (Å²) in [6.45, 7) is 2.05. The normalized spacial score (nSPS) is 20.8. The second-order valence-corrected chi connectivity index (χ2v) is 8.15. The number of hydrogen-bond acceptors (Lipinski definition) is 4. The first kappa shape index (κ1) is 21.9. The summed E-state index contributed by atoms with van der Waals surface area (Å²) < 4.78 is 20.4. The summed E-state index contributed by atoms with van der Waals surface area (Å²) in [6, 6.07) is 24.9. The standard InChI is InChI=1S/C27H26FNO3/c1-19(30)32-18-22-16-24(27(31)21-12-6-3-7-13-21)26(23-14-8-9-15-25(23)28)29(22)17-20-10-4-2-5-11-20/h2-15,22,24,26H,16-18H2,1H3/t22-,24+,26+/m1/s1. The van der Waals surface area contributed by atoms with Crippen molar-refractivity contribution in [2.45, 2.75) is 32.0 Å². The van der Waals surface area contributed by atoms with E-state index in [1.54, 1.807) is 30.3 Å². The Balaban J connectivity index is 1.76. The van der Waals surface area contributed by atoms with Crippen LogP contribution in [0.15, 0.2) is 84.9 Å². The number of likely N-dealkylation sites (tertiary alicyclic amines) is 1. The number of carbonyl (C=O) groups excluding carboxylic acids is 2. The van der Waals surface area contributed by atoms with E-state index >= 15 is 4.39 Å². The van der Waals surface area contributed by atoms with E-state index in [2.05, 4.69) is 4.90 Å². The van der Waals surface area contributed by atoms with E-state index in [9.17, 15) is 9.59 Å². The molecule has 32 heavy (non-hydrogen) atoms. The maximum Gasteiger partial charge on any atom is 0.302 e. The predicted octanol–water partition coefficient (Wildman–Crippen LogP) is 5.20. The van der Waals surface area contributed by atoms with Gasteiger partial charge in [0, 0.05) is 42.6 Å². The molecule has 164 valence electrons. The van der Waals surface area contributed by atoms with Gasteiger partial charge in [-0.05, 0) is 18.1 Å². The summed E-state index contributed by atoms with van der Waals surface area (Å²) in [5.41, 5.74) is 2.14. The Kier molecular flexibility index (Phi) is 6.76. The van der Waals surface area contributed by atoms with Crippen LogP contribution in [-0.4, -0.2) is 29.3 Å². The summed E-state index contributed by atoms with van der Waals surface area (Å²) in [4.78, 5) is 27.2. The number of esters is 1. The fraction of sp³-hybridized carbons (Fsp3) is 0.259. The van der Waals surface area contributed by atoms with Gasteiger partial charge in [0.05, 0.1) is 0 Å². The van der Waals surface area contributed by atoms with E-state index in [4.69, 9.17) is 4.74 Å². The van der Waals surface area contributed by atoms with Crippen LogP contribution in [0.4, 0.5) is 4.39 Å². The van der Waals surface area contributed by atoms with E-state index in [1.165, 1.54) is 13.0 Å². The molecule has 0 radical (unpaired) electrons. The molecule has 0 amide bonds. The molecule has 0 spiro atoms. The molecule has 0 saturated carbocycles. The Morgan fingerprint density at radius 1 is 0.938 bits per heavy atom. The third-order valence-electron chi connectivity index (χ3n) is 6.04. The minimum absolute atomic E-state index is 0.0257. The quantitative estimate of drug-likeness (QED) is 0.381. The summed E-state index contributed by atoms with van der Waals surface area (Å²) >= 11 is 0. The van der Waals surface area contributed by atoms with Crippen molar-refractivity contribution in [1.29, 1.82) is 0 Å². The summed E-state index contributed by atoms with van der Waals surface area (Å²) in [7, 11) is 0. The van der Waals surface area contributed by atoms with Crippen LogP contribution in [0.2, 0.25) is 0 Å². The van der Waals surface area contributed by atoms with Gasteiger partial charge in [0.1, 0.15) is 12.4 Å². The lowest BCUT2D eigenvalue weighted by atomic mass is 9.86. The maximum absolute atomic E-state index is 15.0. The molecule has 1 saturated heterocycles. The molecule has 1 fully saturated rings. The molecule has 1 aliphatic rings. The first-order valence-electron chi connectivity index (χ1n) is 10.8. The third-order valence-corrected chi connectivity index (χ3v) is 6.04. The zero-order valence-corrected chi connectivity index (χ0v) is 18.0. The Morgan fingerprint density at radius 2 is 1.56 bits per heavy atom. The first-order chi connectivity index (χ1) is 15.5. The molecular formula is C27H26FNO3. The Labute approximate surface area is 187 Å². The summed E-state index contributed by atoms with van der Waals surface area (Å²) in [5.74, 6) is -1.19. The van der Waals surface area contributed by atoms with Gasteiger partial charge in [-0.15, -0.1) is 0 Å². The summed E-state index contributed by atoms with van der Waals surface area (Å²) in [6.07, 6.45) is 0.479. The molecule has 0 aliphatic carbocycles. The predicted molar refractivity (Wildman–Crippen MR) is 120 cm³/mol. The van der Waals surface area contributed by atoms with Crippen molar-refractivity contribution in [2.24, 2.45) is 5.92 Å². The molecule has 5 heteroatoms. The molecule has 1 aliphatic heterocycles. The van der Waals surface area contributed by atoms with Gasteiger partial charge in [0.25, 0.3) is 0 Å². The number of ether oxygens (including phenoxy) is 1. The van der Waals surface area contributed by atoms with Crippen molar-refractivity contribution in [3.05, 3.63) is 107 Å². The smallest absolute Gasteiger partial charge is 0.302 e. The van der Waals surface area contributed by atoms with Crippen LogP contribution in [0.1, 0.15) is 40.9 Å². The highest BCUT2D eigenvalue weighted by Crippen LogP contribution is 2.44. The molecule has 3 aromatic rings. The minimum Gasteiger partial charge on any atom is -0.464 e. The van der Waals surface area contributed by atoms with Crippen molar-refractivity contribution in [2.75, 3.05) is 6.61 Å². The Hall–Kier alpha value is -3.31. The SMILES string of the molecule is CC(=O)OC[C@H]1C[C@H](C(=O)c2ccccc2)[C@H](c2ccccc2F)N1Cc1ccccc1. The molecule has 0 bridgehead atoms. The van der Waals surface area contributed by atoms with Gasteiger partial charge < -0.3 is 4.74 Å². The first-order valence-corrected chi connectivity index (χ1v) is 10.8. The largest absolute Gasteiger partial charge is 0.464 e. The van der Waals surface area contributed by atoms with E-state index in [1.807, 2.05) is 48.5 Å². The van der Waals surface area contributed by atoms with E-state index < -0.39 is 12.0 Å². The van der Waals surface area contributed by atoms with Crippen molar-refractivity contribution in [1.82, 2.24) is 4.90 Å². The van der Waals surface area contributed by atoms with Crippen LogP contribution in [-0.2, 0) is 16.1 Å². The van der Waals surface area contributed by atoms with Gasteiger partial charge in [-0.25, -0.2) is 4.39 Å². The molecule has 0 aromatic heterocycles. The average Bonchev–Trinajstić information content (AvgIpc) is 3.16. The molecule has 4 rings (SSSR count). The average molecular weight is 432 g/mol. The van der Waals surface area contributed by atoms with Crippen LogP contribution >= 0.6 is 0 Å². The minimum atomic E-state index is -0.468. The fourth-order valence-corrected chi connectivity index (χ4v) is 4.59. The molecule has 4 nitrogen and oxygen atoms in total. The molecule has 1 heterocycles. The zero-order valence-electron chi connectivity index (χ0n) is 18.0. The van der Waals surface area contributed by atoms with Gasteiger partial charge in [0.15, 0.2) is 5.78 Å². The van der Waals surface area contributed by atoms with E-state index in [0.717, 1.165) is 5.56 Å². The zero-order chi connectivity index (χ0) is 22.5. The molecule has 3 atom stereocenters. The highest BCUT2D eigenvalue weighted by atomic mass is 19.1. The number of hydrogen-bond donors (Lipinski definition) is 0. The van der Waals surface area contributed by atoms with Gasteiger partial charge >= 0.3 is 5.97 Å². The lowest BCUT2D eigenvalue weighted by Crippen LogP contribution is -2.36. The van der Waals surface area contributed by atoms with Crippen molar-refractivity contribution >= 4 is 11.8 Å². The molecule has 0 N–H and O–H groups in total. The lowest BCUT2D eigenvalue weighted by Gasteiger charge is -2.32. The van der Waals surface area contributed by atoms with Crippen molar-refractivity contribution < 1.29 is 18.7 Å². The number of Topliss-reactive ketones (excluding diaryl/α,β-unsaturated/α-hetero) is 1. The second-order valence-electron chi connectivity index (χ2n) is 8.15. The van der Waals surface area contributed by atoms with Crippen LogP contribution in [0, 0.1) is 11.7 Å². The highest BCUT2D eigenvalue weighted by molar-refractivity contribution is 5.98. The number of nitrogens with zero attached hydrogens (tertiary/aromatic N) is 1.